The Kier molecular flexibility index (Phi) is 7.91. The lowest BCUT2D eigenvalue weighted by Gasteiger charge is -2.31. The van der Waals surface area contributed by atoms with E-state index in [1.54, 1.807) is 48.7 Å². The summed E-state index contributed by atoms with van der Waals surface area (Å²) in [5.74, 6) is 2.53. The first-order chi connectivity index (χ1) is 15.5. The van der Waals surface area contributed by atoms with Gasteiger partial charge in [-0.15, -0.1) is 0 Å². The van der Waals surface area contributed by atoms with E-state index in [-0.39, 0.29) is 18.2 Å². The smallest absolute Gasteiger partial charge is 0.305 e. The molecule has 1 aliphatic carbocycles. The highest BCUT2D eigenvalue weighted by molar-refractivity contribution is 5.96. The topological polar surface area (TPSA) is 147 Å². The fourth-order valence-electron chi connectivity index (χ4n) is 4.00. The van der Waals surface area contributed by atoms with Crippen LogP contribution in [0.4, 0.5) is 5.69 Å². The molecule has 1 fully saturated rings. The molecule has 1 aliphatic rings. The SMILES string of the molecule is NN=Cc1ccc(NC(=O)C2CCCCC2C(=O)NC(CC(=O)O)c2ccccn2)cc1. The summed E-state index contributed by atoms with van der Waals surface area (Å²) >= 11 is 0. The lowest BCUT2D eigenvalue weighted by molar-refractivity contribution is -0.139. The van der Waals surface area contributed by atoms with Crippen molar-refractivity contribution in [1.82, 2.24) is 10.3 Å². The van der Waals surface area contributed by atoms with Gasteiger partial charge in [0.2, 0.25) is 11.8 Å². The van der Waals surface area contributed by atoms with E-state index in [4.69, 9.17) is 5.84 Å². The van der Waals surface area contributed by atoms with Crippen LogP contribution in [0.5, 0.6) is 0 Å². The van der Waals surface area contributed by atoms with Gasteiger partial charge in [0.15, 0.2) is 0 Å². The number of aliphatic carboxylic acids is 1. The van der Waals surface area contributed by atoms with Crippen LogP contribution in [0.2, 0.25) is 0 Å². The van der Waals surface area contributed by atoms with Gasteiger partial charge in [-0.05, 0) is 42.7 Å². The van der Waals surface area contributed by atoms with Crippen LogP contribution in [0.25, 0.3) is 0 Å². The van der Waals surface area contributed by atoms with E-state index in [0.29, 0.717) is 24.2 Å². The van der Waals surface area contributed by atoms with Crippen LogP contribution in [0.3, 0.4) is 0 Å². The lowest BCUT2D eigenvalue weighted by Crippen LogP contribution is -2.43. The molecule has 1 heterocycles. The van der Waals surface area contributed by atoms with Crippen LogP contribution in [-0.2, 0) is 14.4 Å². The first-order valence-corrected chi connectivity index (χ1v) is 10.5. The van der Waals surface area contributed by atoms with Gasteiger partial charge in [-0.1, -0.05) is 31.0 Å². The second kappa shape index (κ2) is 11.0. The summed E-state index contributed by atoms with van der Waals surface area (Å²) in [6, 6.07) is 11.4. The zero-order valence-corrected chi connectivity index (χ0v) is 17.6. The number of nitrogens with zero attached hydrogens (tertiary/aromatic N) is 2. The number of nitrogens with two attached hydrogens (primary N) is 1. The van der Waals surface area contributed by atoms with E-state index in [0.717, 1.165) is 18.4 Å². The fourth-order valence-corrected chi connectivity index (χ4v) is 4.00. The largest absolute Gasteiger partial charge is 0.481 e. The normalized spacial score (nSPS) is 19.2. The zero-order valence-electron chi connectivity index (χ0n) is 17.6. The van der Waals surface area contributed by atoms with Crippen molar-refractivity contribution in [2.75, 3.05) is 5.32 Å². The summed E-state index contributed by atoms with van der Waals surface area (Å²) in [7, 11) is 0. The summed E-state index contributed by atoms with van der Waals surface area (Å²) in [4.78, 5) is 41.6. The number of carbonyl (C=O) groups is 3. The molecule has 0 radical (unpaired) electrons. The monoisotopic (exact) mass is 437 g/mol. The Morgan fingerprint density at radius 1 is 1.09 bits per heavy atom. The number of carboxylic acids is 1. The van der Waals surface area contributed by atoms with Gasteiger partial charge in [-0.3, -0.25) is 19.4 Å². The van der Waals surface area contributed by atoms with Crippen molar-refractivity contribution in [3.05, 3.63) is 59.9 Å². The Labute approximate surface area is 186 Å². The molecule has 5 N–H and O–H groups in total. The van der Waals surface area contributed by atoms with Gasteiger partial charge in [0.05, 0.1) is 24.4 Å². The predicted octanol–water partition coefficient (Wildman–Crippen LogP) is 2.45. The van der Waals surface area contributed by atoms with Crippen LogP contribution in [-0.4, -0.2) is 34.1 Å². The summed E-state index contributed by atoms with van der Waals surface area (Å²) in [5, 5.41) is 18.4. The van der Waals surface area contributed by atoms with Crippen LogP contribution in [0, 0.1) is 11.8 Å². The quantitative estimate of drug-likeness (QED) is 0.283. The number of pyridine rings is 1. The highest BCUT2D eigenvalue weighted by Crippen LogP contribution is 2.32. The van der Waals surface area contributed by atoms with Crippen LogP contribution >= 0.6 is 0 Å². The molecule has 0 spiro atoms. The van der Waals surface area contributed by atoms with Gasteiger partial charge >= 0.3 is 5.97 Å². The van der Waals surface area contributed by atoms with Crippen molar-refractivity contribution < 1.29 is 19.5 Å². The number of anilines is 1. The number of carbonyl (C=O) groups excluding carboxylic acids is 2. The van der Waals surface area contributed by atoms with Crippen LogP contribution in [0.1, 0.15) is 49.4 Å². The molecule has 9 nitrogen and oxygen atoms in total. The maximum absolute atomic E-state index is 13.1. The molecule has 0 aliphatic heterocycles. The van der Waals surface area contributed by atoms with Gasteiger partial charge in [0, 0.05) is 23.7 Å². The van der Waals surface area contributed by atoms with Gasteiger partial charge < -0.3 is 21.6 Å². The van der Waals surface area contributed by atoms with Crippen molar-refractivity contribution in [3.63, 3.8) is 0 Å². The number of aromatic nitrogens is 1. The number of carboxylic acid groups (broad SMARTS) is 1. The maximum atomic E-state index is 13.1. The first kappa shape index (κ1) is 22.9. The number of hydrogen-bond acceptors (Lipinski definition) is 6. The van der Waals surface area contributed by atoms with E-state index in [9.17, 15) is 19.5 Å². The van der Waals surface area contributed by atoms with E-state index in [1.165, 1.54) is 6.21 Å². The third-order valence-electron chi connectivity index (χ3n) is 5.58. The molecule has 0 saturated heterocycles. The van der Waals surface area contributed by atoms with E-state index in [2.05, 4.69) is 20.7 Å². The molecule has 3 rings (SSSR count). The van der Waals surface area contributed by atoms with Gasteiger partial charge in [0.25, 0.3) is 0 Å². The number of rotatable bonds is 8. The molecule has 1 saturated carbocycles. The minimum atomic E-state index is -1.04. The highest BCUT2D eigenvalue weighted by atomic mass is 16.4. The molecule has 2 amide bonds. The number of hydrazone groups is 1. The van der Waals surface area contributed by atoms with Gasteiger partial charge in [-0.2, -0.15) is 5.10 Å². The lowest BCUT2D eigenvalue weighted by atomic mass is 9.78. The average molecular weight is 438 g/mol. The minimum absolute atomic E-state index is 0.224. The molecular formula is C23H27N5O4. The molecule has 168 valence electrons. The first-order valence-electron chi connectivity index (χ1n) is 10.5. The molecular weight excluding hydrogens is 410 g/mol. The number of benzene rings is 1. The molecule has 3 atom stereocenters. The van der Waals surface area contributed by atoms with E-state index in [1.807, 2.05) is 0 Å². The Morgan fingerprint density at radius 2 is 1.78 bits per heavy atom. The third kappa shape index (κ3) is 6.13. The summed E-state index contributed by atoms with van der Waals surface area (Å²) in [6.07, 6.45) is 5.62. The number of hydrogen-bond donors (Lipinski definition) is 4. The van der Waals surface area contributed by atoms with E-state index >= 15 is 0 Å². The Bertz CT molecular complexity index is 962. The Hall–Kier alpha value is -3.75. The second-order valence-electron chi connectivity index (χ2n) is 7.80. The number of amides is 2. The van der Waals surface area contributed by atoms with Crippen molar-refractivity contribution in [2.45, 2.75) is 38.1 Å². The van der Waals surface area contributed by atoms with Crippen molar-refractivity contribution in [1.29, 1.82) is 0 Å². The van der Waals surface area contributed by atoms with Crippen LogP contribution < -0.4 is 16.5 Å². The van der Waals surface area contributed by atoms with E-state index < -0.39 is 23.8 Å². The standard InChI is InChI=1S/C23H27N5O4/c24-26-14-15-8-10-16(11-9-15)27-22(31)17-5-1-2-6-18(17)23(32)28-20(13-21(29)30)19-7-3-4-12-25-19/h3-4,7-12,14,17-18,20H,1-2,5-6,13,24H2,(H,27,31)(H,28,32)(H,29,30). The second-order valence-corrected chi connectivity index (χ2v) is 7.80. The molecule has 3 unspecified atom stereocenters. The maximum Gasteiger partial charge on any atom is 0.305 e. The van der Waals surface area contributed by atoms with Crippen molar-refractivity contribution in [2.24, 2.45) is 22.8 Å². The molecule has 0 bridgehead atoms. The molecule has 2 aromatic rings. The third-order valence-corrected chi connectivity index (χ3v) is 5.58. The fraction of sp³-hybridized carbons (Fsp3) is 0.348. The molecule has 9 heteroatoms. The van der Waals surface area contributed by atoms with Gasteiger partial charge in [0.1, 0.15) is 0 Å². The Morgan fingerprint density at radius 3 is 2.38 bits per heavy atom. The highest BCUT2D eigenvalue weighted by Gasteiger charge is 2.37. The predicted molar refractivity (Wildman–Crippen MR) is 120 cm³/mol. The van der Waals surface area contributed by atoms with Crippen LogP contribution in [0.15, 0.2) is 53.8 Å². The zero-order chi connectivity index (χ0) is 22.9. The summed E-state index contributed by atoms with van der Waals surface area (Å²) < 4.78 is 0. The average Bonchev–Trinajstić information content (AvgIpc) is 2.80. The molecule has 1 aromatic heterocycles. The Balaban J connectivity index is 1.70. The molecule has 1 aromatic carbocycles. The van der Waals surface area contributed by atoms with Crippen molar-refractivity contribution in [3.8, 4) is 0 Å². The summed E-state index contributed by atoms with van der Waals surface area (Å²) in [5.41, 5.74) is 1.90. The minimum Gasteiger partial charge on any atom is -0.481 e. The number of nitrogens with one attached hydrogen (secondary N) is 2. The van der Waals surface area contributed by atoms with Gasteiger partial charge in [-0.25, -0.2) is 0 Å². The molecule has 32 heavy (non-hydrogen) atoms. The van der Waals surface area contributed by atoms with Crippen molar-refractivity contribution >= 4 is 29.7 Å². The summed E-state index contributed by atoms with van der Waals surface area (Å²) in [6.45, 7) is 0.